The number of hydrogen-bond donors (Lipinski definition) is 1. The summed E-state index contributed by atoms with van der Waals surface area (Å²) < 4.78 is 0. The maximum Gasteiger partial charge on any atom is 0.248 e. The van der Waals surface area contributed by atoms with Gasteiger partial charge in [0.05, 0.1) is 11.8 Å². The van der Waals surface area contributed by atoms with Gasteiger partial charge in [-0.25, -0.2) is 0 Å². The summed E-state index contributed by atoms with van der Waals surface area (Å²) in [4.78, 5) is 41.6. The molecule has 5 heteroatoms. The molecule has 5 atom stereocenters. The topological polar surface area (TPSA) is 66.5 Å². The fourth-order valence-corrected chi connectivity index (χ4v) is 6.15. The van der Waals surface area contributed by atoms with E-state index in [0.717, 1.165) is 36.0 Å². The van der Waals surface area contributed by atoms with Gasteiger partial charge in [0, 0.05) is 12.1 Å². The number of aryl methyl sites for hydroxylation is 2. The lowest BCUT2D eigenvalue weighted by Gasteiger charge is -2.27. The second-order valence-electron chi connectivity index (χ2n) is 9.50. The van der Waals surface area contributed by atoms with E-state index in [0.29, 0.717) is 23.9 Å². The Kier molecular flexibility index (Phi) is 4.92. The Bertz CT molecular complexity index is 1000. The van der Waals surface area contributed by atoms with Gasteiger partial charge in [-0.2, -0.15) is 0 Å². The third kappa shape index (κ3) is 3.46. The molecule has 1 aliphatic heterocycles. The monoisotopic (exact) mass is 416 g/mol. The van der Waals surface area contributed by atoms with Crippen LogP contribution in [0, 0.1) is 37.5 Å². The van der Waals surface area contributed by atoms with Crippen LogP contribution in [0.3, 0.4) is 0 Å². The first-order valence-electron chi connectivity index (χ1n) is 11.2. The highest BCUT2D eigenvalue weighted by molar-refractivity contribution is 6.10. The minimum absolute atomic E-state index is 0.140. The largest absolute Gasteiger partial charge is 0.324 e. The molecule has 5 rings (SSSR count). The van der Waals surface area contributed by atoms with Crippen LogP contribution in [-0.2, 0) is 20.8 Å². The molecule has 2 aromatic rings. The molecule has 1 heterocycles. The summed E-state index contributed by atoms with van der Waals surface area (Å²) in [6.45, 7) is 3.96. The number of nitrogens with one attached hydrogen (secondary N) is 1. The van der Waals surface area contributed by atoms with E-state index >= 15 is 0 Å². The molecule has 0 aromatic heterocycles. The van der Waals surface area contributed by atoms with Crippen LogP contribution < -0.4 is 5.32 Å². The van der Waals surface area contributed by atoms with Crippen LogP contribution in [0.5, 0.6) is 0 Å². The van der Waals surface area contributed by atoms with Gasteiger partial charge in [0.1, 0.15) is 6.04 Å². The number of carbonyl (C=O) groups is 3. The van der Waals surface area contributed by atoms with Crippen molar-refractivity contribution in [2.75, 3.05) is 5.32 Å². The third-order valence-corrected chi connectivity index (χ3v) is 7.34. The first kappa shape index (κ1) is 20.0. The second-order valence-corrected chi connectivity index (χ2v) is 9.50. The van der Waals surface area contributed by atoms with Crippen molar-refractivity contribution in [1.82, 2.24) is 4.90 Å². The minimum atomic E-state index is -0.840. The second kappa shape index (κ2) is 7.63. The molecule has 3 amide bonds. The van der Waals surface area contributed by atoms with Crippen molar-refractivity contribution in [3.63, 3.8) is 0 Å². The summed E-state index contributed by atoms with van der Waals surface area (Å²) in [5, 5.41) is 2.98. The van der Waals surface area contributed by atoms with E-state index in [1.807, 2.05) is 62.4 Å². The van der Waals surface area contributed by atoms with Gasteiger partial charge in [0.15, 0.2) is 0 Å². The fraction of sp³-hybridized carbons (Fsp3) is 0.423. The lowest BCUT2D eigenvalue weighted by Crippen LogP contribution is -2.49. The third-order valence-electron chi connectivity index (χ3n) is 7.34. The number of carbonyl (C=O) groups excluding carboxylic acids is 3. The number of imide groups is 1. The first-order valence-corrected chi connectivity index (χ1v) is 11.2. The highest BCUT2D eigenvalue weighted by atomic mass is 16.2. The van der Waals surface area contributed by atoms with Crippen LogP contribution >= 0.6 is 0 Å². The maximum atomic E-state index is 13.5. The summed E-state index contributed by atoms with van der Waals surface area (Å²) in [7, 11) is 0. The molecule has 2 aromatic carbocycles. The lowest BCUT2D eigenvalue weighted by atomic mass is 9.81. The van der Waals surface area contributed by atoms with Crippen LogP contribution in [-0.4, -0.2) is 28.7 Å². The smallest absolute Gasteiger partial charge is 0.248 e. The van der Waals surface area contributed by atoms with Crippen molar-refractivity contribution in [3.8, 4) is 0 Å². The zero-order valence-corrected chi connectivity index (χ0v) is 18.0. The van der Waals surface area contributed by atoms with Gasteiger partial charge in [-0.1, -0.05) is 36.4 Å². The fourth-order valence-electron chi connectivity index (χ4n) is 6.15. The average molecular weight is 417 g/mol. The first-order chi connectivity index (χ1) is 14.9. The summed E-state index contributed by atoms with van der Waals surface area (Å²) in [5.41, 5.74) is 3.73. The highest BCUT2D eigenvalue weighted by Gasteiger charge is 2.62. The van der Waals surface area contributed by atoms with Crippen molar-refractivity contribution >= 4 is 23.4 Å². The molecule has 3 aliphatic rings. The quantitative estimate of drug-likeness (QED) is 0.752. The summed E-state index contributed by atoms with van der Waals surface area (Å²) in [6.07, 6.45) is 3.36. The normalized spacial score (nSPS) is 27.5. The molecule has 31 heavy (non-hydrogen) atoms. The number of anilines is 1. The number of fused-ring (bicyclic) bond motifs is 5. The summed E-state index contributed by atoms with van der Waals surface area (Å²) >= 11 is 0. The molecule has 3 fully saturated rings. The van der Waals surface area contributed by atoms with E-state index in [2.05, 4.69) is 5.32 Å². The van der Waals surface area contributed by atoms with Gasteiger partial charge < -0.3 is 5.32 Å². The molecular weight excluding hydrogens is 388 g/mol. The Morgan fingerprint density at radius 1 is 0.968 bits per heavy atom. The summed E-state index contributed by atoms with van der Waals surface area (Å²) in [5.74, 6) is -0.426. The predicted octanol–water partition coefficient (Wildman–Crippen LogP) is 3.88. The number of benzene rings is 2. The molecule has 5 unspecified atom stereocenters. The predicted molar refractivity (Wildman–Crippen MR) is 118 cm³/mol. The van der Waals surface area contributed by atoms with Gasteiger partial charge in [-0.15, -0.1) is 0 Å². The number of rotatable bonds is 5. The standard InChI is InChI=1S/C26H28N2O3/c1-15-10-16(2)12-20(11-15)27-24(29)21(13-17-6-4-3-5-7-17)28-25(30)22-18-8-9-19(14-18)23(22)26(28)31/h3-7,10-12,18-19,21-23H,8-9,13-14H2,1-2H3,(H,27,29). The molecule has 0 spiro atoms. The van der Waals surface area contributed by atoms with Crippen LogP contribution in [0.1, 0.15) is 36.0 Å². The van der Waals surface area contributed by atoms with Crippen molar-refractivity contribution in [2.24, 2.45) is 23.7 Å². The Hall–Kier alpha value is -2.95. The van der Waals surface area contributed by atoms with Crippen molar-refractivity contribution in [1.29, 1.82) is 0 Å². The molecule has 1 saturated heterocycles. The molecule has 2 aliphatic carbocycles. The Balaban J connectivity index is 1.46. The lowest BCUT2D eigenvalue weighted by molar-refractivity contribution is -0.147. The zero-order chi connectivity index (χ0) is 21.7. The molecular formula is C26H28N2O3. The Labute approximate surface area is 182 Å². The maximum absolute atomic E-state index is 13.5. The summed E-state index contributed by atoms with van der Waals surface area (Å²) in [6, 6.07) is 14.6. The molecule has 2 bridgehead atoms. The molecule has 1 N–H and O–H groups in total. The van der Waals surface area contributed by atoms with Gasteiger partial charge in [0.25, 0.3) is 0 Å². The number of hydrogen-bond acceptors (Lipinski definition) is 3. The number of likely N-dealkylation sites (tertiary alicyclic amines) is 1. The number of nitrogens with zero attached hydrogens (tertiary/aromatic N) is 1. The van der Waals surface area contributed by atoms with Crippen LogP contribution in [0.2, 0.25) is 0 Å². The molecule has 2 saturated carbocycles. The van der Waals surface area contributed by atoms with Gasteiger partial charge in [-0.3, -0.25) is 19.3 Å². The van der Waals surface area contributed by atoms with Crippen LogP contribution in [0.15, 0.2) is 48.5 Å². The molecule has 0 radical (unpaired) electrons. The molecule has 160 valence electrons. The van der Waals surface area contributed by atoms with Crippen LogP contribution in [0.4, 0.5) is 5.69 Å². The Morgan fingerprint density at radius 3 is 2.13 bits per heavy atom. The van der Waals surface area contributed by atoms with Crippen molar-refractivity contribution in [2.45, 2.75) is 45.6 Å². The van der Waals surface area contributed by atoms with Gasteiger partial charge in [0.2, 0.25) is 17.7 Å². The van der Waals surface area contributed by atoms with E-state index in [4.69, 9.17) is 0 Å². The zero-order valence-electron chi connectivity index (χ0n) is 18.0. The van der Waals surface area contributed by atoms with Crippen molar-refractivity contribution in [3.05, 3.63) is 65.2 Å². The minimum Gasteiger partial charge on any atom is -0.324 e. The van der Waals surface area contributed by atoms with Gasteiger partial charge in [-0.05, 0) is 73.8 Å². The van der Waals surface area contributed by atoms with Crippen molar-refractivity contribution < 1.29 is 14.4 Å². The van der Waals surface area contributed by atoms with E-state index in [1.165, 1.54) is 4.90 Å². The van der Waals surface area contributed by atoms with E-state index in [9.17, 15) is 14.4 Å². The van der Waals surface area contributed by atoms with E-state index < -0.39 is 6.04 Å². The van der Waals surface area contributed by atoms with Gasteiger partial charge >= 0.3 is 0 Å². The van der Waals surface area contributed by atoms with E-state index in [1.54, 1.807) is 0 Å². The van der Waals surface area contributed by atoms with Crippen LogP contribution in [0.25, 0.3) is 0 Å². The Morgan fingerprint density at radius 2 is 1.55 bits per heavy atom. The highest BCUT2D eigenvalue weighted by Crippen LogP contribution is 2.56. The average Bonchev–Trinajstić information content (AvgIpc) is 3.40. The van der Waals surface area contributed by atoms with E-state index in [-0.39, 0.29) is 29.6 Å². The number of amides is 3. The SMILES string of the molecule is Cc1cc(C)cc(NC(=O)C(Cc2ccccc2)N2C(=O)C3C4CCC(C4)C3C2=O)c1. The molecule has 5 nitrogen and oxygen atoms in total.